The molecule has 0 heterocycles. The van der Waals surface area contributed by atoms with E-state index in [0.29, 0.717) is 0 Å². The molecule has 0 spiro atoms. The number of aliphatic hydroxyl groups is 1. The molecule has 0 rings (SSSR count). The molecule has 0 aromatic rings. The van der Waals surface area contributed by atoms with Gasteiger partial charge >= 0.3 is 0 Å². The zero-order chi connectivity index (χ0) is 7.11. The summed E-state index contributed by atoms with van der Waals surface area (Å²) in [6.07, 6.45) is 1.62. The third-order valence-corrected chi connectivity index (χ3v) is 2.13. The monoisotopic (exact) mass is 166 g/mol. The zero-order valence-corrected chi connectivity index (χ0v) is 7.00. The maximum Gasteiger partial charge on any atom is 0.0626 e. The number of rotatable bonds is 4. The molecule has 1 nitrogen and oxygen atoms in total. The molecule has 0 amide bonds. The fourth-order valence-corrected chi connectivity index (χ4v) is 1.17. The van der Waals surface area contributed by atoms with E-state index in [1.165, 1.54) is 0 Å². The average Bonchev–Trinajstić information content (AvgIpc) is 1.85. The van der Waals surface area contributed by atoms with Crippen molar-refractivity contribution in [3.8, 4) is 0 Å². The summed E-state index contributed by atoms with van der Waals surface area (Å²) in [6, 6.07) is 0. The van der Waals surface area contributed by atoms with Crippen LogP contribution in [0.4, 0.5) is 0 Å². The second-order valence-electron chi connectivity index (χ2n) is 1.47. The summed E-state index contributed by atoms with van der Waals surface area (Å²) in [5.41, 5.74) is 0. The molecule has 0 radical (unpaired) electrons. The molecule has 54 valence electrons. The van der Waals surface area contributed by atoms with Gasteiger partial charge in [0.05, 0.1) is 6.61 Å². The van der Waals surface area contributed by atoms with Gasteiger partial charge in [0, 0.05) is 10.8 Å². The third-order valence-electron chi connectivity index (χ3n) is 0.757. The average molecular weight is 167 g/mol. The molecule has 0 aromatic carbocycles. The lowest BCUT2D eigenvalue weighted by molar-refractivity contribution is 0.342. The van der Waals surface area contributed by atoms with Crippen molar-refractivity contribution in [2.24, 2.45) is 0 Å². The Kier molecular flexibility index (Phi) is 6.70. The highest BCUT2D eigenvalue weighted by molar-refractivity contribution is 7.99. The van der Waals surface area contributed by atoms with Crippen LogP contribution in [0.5, 0.6) is 0 Å². The van der Waals surface area contributed by atoms with Crippen molar-refractivity contribution in [3.05, 3.63) is 11.1 Å². The van der Waals surface area contributed by atoms with Gasteiger partial charge in [-0.15, -0.1) is 0 Å². The summed E-state index contributed by atoms with van der Waals surface area (Å²) in [6.45, 7) is 2.12. The smallest absolute Gasteiger partial charge is 0.0626 e. The van der Waals surface area contributed by atoms with Gasteiger partial charge in [-0.05, 0) is 11.8 Å². The molecule has 0 saturated heterocycles. The lowest BCUT2D eigenvalue weighted by atomic mass is 10.5. The van der Waals surface area contributed by atoms with Gasteiger partial charge in [0.15, 0.2) is 0 Å². The summed E-state index contributed by atoms with van der Waals surface area (Å²) in [7, 11) is 0. The van der Waals surface area contributed by atoms with Crippen LogP contribution in [-0.4, -0.2) is 23.2 Å². The Morgan fingerprint density at radius 2 is 2.44 bits per heavy atom. The molecular formula is C6H11ClOS. The van der Waals surface area contributed by atoms with Gasteiger partial charge in [-0.1, -0.05) is 18.5 Å². The van der Waals surface area contributed by atoms with Crippen LogP contribution in [0.1, 0.15) is 6.92 Å². The molecule has 0 atom stereocenters. The summed E-state index contributed by atoms with van der Waals surface area (Å²) in [5.74, 6) is 1.88. The first-order chi connectivity index (χ1) is 4.31. The first-order valence-corrected chi connectivity index (χ1v) is 4.37. The van der Waals surface area contributed by atoms with Crippen molar-refractivity contribution in [2.45, 2.75) is 6.92 Å². The SMILES string of the molecule is CCSC/C(Cl)=C/CO. The summed E-state index contributed by atoms with van der Waals surface area (Å²) >= 11 is 7.38. The molecule has 0 aliphatic rings. The van der Waals surface area contributed by atoms with Crippen molar-refractivity contribution >= 4 is 23.4 Å². The second kappa shape index (κ2) is 6.46. The Morgan fingerprint density at radius 1 is 1.78 bits per heavy atom. The Hall–Kier alpha value is 0.340. The molecule has 0 saturated carbocycles. The number of hydrogen-bond acceptors (Lipinski definition) is 2. The Morgan fingerprint density at radius 3 is 2.89 bits per heavy atom. The molecule has 0 fully saturated rings. The number of thioether (sulfide) groups is 1. The molecule has 0 unspecified atom stereocenters. The van der Waals surface area contributed by atoms with Gasteiger partial charge in [-0.3, -0.25) is 0 Å². The Bertz CT molecular complexity index is 93.1. The second-order valence-corrected chi connectivity index (χ2v) is 3.23. The summed E-state index contributed by atoms with van der Waals surface area (Å²) in [5, 5.41) is 9.11. The highest BCUT2D eigenvalue weighted by Gasteiger charge is 1.88. The van der Waals surface area contributed by atoms with Gasteiger partial charge < -0.3 is 5.11 Å². The third kappa shape index (κ3) is 6.22. The van der Waals surface area contributed by atoms with Crippen molar-refractivity contribution in [2.75, 3.05) is 18.1 Å². The van der Waals surface area contributed by atoms with Gasteiger partial charge in [0.1, 0.15) is 0 Å². The van der Waals surface area contributed by atoms with Crippen molar-refractivity contribution in [1.29, 1.82) is 0 Å². The zero-order valence-electron chi connectivity index (χ0n) is 5.43. The van der Waals surface area contributed by atoms with Gasteiger partial charge in [-0.25, -0.2) is 0 Å². The number of aliphatic hydroxyl groups excluding tert-OH is 1. The minimum Gasteiger partial charge on any atom is -0.392 e. The standard InChI is InChI=1S/C6H11ClOS/c1-2-9-5-6(7)3-4-8/h3,8H,2,4-5H2,1H3/b6-3-. The molecule has 0 aliphatic heterocycles. The lowest BCUT2D eigenvalue weighted by Crippen LogP contribution is -1.81. The molecule has 1 N–H and O–H groups in total. The maximum atomic E-state index is 8.37. The van der Waals surface area contributed by atoms with Crippen LogP contribution in [0.25, 0.3) is 0 Å². The van der Waals surface area contributed by atoms with Crippen LogP contribution in [0.3, 0.4) is 0 Å². The van der Waals surface area contributed by atoms with E-state index in [4.69, 9.17) is 16.7 Å². The van der Waals surface area contributed by atoms with E-state index in [0.717, 1.165) is 16.5 Å². The minimum atomic E-state index is 0.0447. The highest BCUT2D eigenvalue weighted by atomic mass is 35.5. The van der Waals surface area contributed by atoms with Gasteiger partial charge in [0.2, 0.25) is 0 Å². The van der Waals surface area contributed by atoms with E-state index in [-0.39, 0.29) is 6.61 Å². The van der Waals surface area contributed by atoms with Gasteiger partial charge in [-0.2, -0.15) is 11.8 Å². The van der Waals surface area contributed by atoms with E-state index in [1.807, 2.05) is 0 Å². The Labute approximate surface area is 65.1 Å². The van der Waals surface area contributed by atoms with Gasteiger partial charge in [0.25, 0.3) is 0 Å². The first-order valence-electron chi connectivity index (χ1n) is 2.84. The van der Waals surface area contributed by atoms with Crippen LogP contribution < -0.4 is 0 Å². The van der Waals surface area contributed by atoms with Crippen molar-refractivity contribution < 1.29 is 5.11 Å². The normalized spacial score (nSPS) is 12.1. The van der Waals surface area contributed by atoms with E-state index in [1.54, 1.807) is 17.8 Å². The van der Waals surface area contributed by atoms with Crippen LogP contribution in [0, 0.1) is 0 Å². The number of hydrogen-bond donors (Lipinski definition) is 1. The number of halogens is 1. The Balaban J connectivity index is 3.25. The largest absolute Gasteiger partial charge is 0.392 e. The summed E-state index contributed by atoms with van der Waals surface area (Å²) in [4.78, 5) is 0. The summed E-state index contributed by atoms with van der Waals surface area (Å²) < 4.78 is 0. The fraction of sp³-hybridized carbons (Fsp3) is 0.667. The highest BCUT2D eigenvalue weighted by Crippen LogP contribution is 2.09. The fourth-order valence-electron chi connectivity index (χ4n) is 0.358. The molecule has 0 aliphatic carbocycles. The molecule has 0 aromatic heterocycles. The molecule has 3 heteroatoms. The maximum absolute atomic E-state index is 8.37. The predicted octanol–water partition coefficient (Wildman–Crippen LogP) is 1.85. The van der Waals surface area contributed by atoms with Crippen molar-refractivity contribution in [3.63, 3.8) is 0 Å². The predicted molar refractivity (Wildman–Crippen MR) is 44.0 cm³/mol. The van der Waals surface area contributed by atoms with E-state index in [9.17, 15) is 0 Å². The first kappa shape index (κ1) is 9.34. The van der Waals surface area contributed by atoms with E-state index < -0.39 is 0 Å². The molecule has 0 bridgehead atoms. The van der Waals surface area contributed by atoms with Crippen LogP contribution in [0.2, 0.25) is 0 Å². The van der Waals surface area contributed by atoms with Crippen LogP contribution in [0.15, 0.2) is 11.1 Å². The molecular weight excluding hydrogens is 156 g/mol. The lowest BCUT2D eigenvalue weighted by Gasteiger charge is -1.93. The topological polar surface area (TPSA) is 20.2 Å². The van der Waals surface area contributed by atoms with Crippen molar-refractivity contribution in [1.82, 2.24) is 0 Å². The minimum absolute atomic E-state index is 0.0447. The van der Waals surface area contributed by atoms with E-state index in [2.05, 4.69) is 6.92 Å². The van der Waals surface area contributed by atoms with Crippen LogP contribution in [-0.2, 0) is 0 Å². The molecule has 9 heavy (non-hydrogen) atoms. The van der Waals surface area contributed by atoms with E-state index >= 15 is 0 Å². The quantitative estimate of drug-likeness (QED) is 0.688. The van der Waals surface area contributed by atoms with Crippen LogP contribution >= 0.6 is 23.4 Å².